The van der Waals surface area contributed by atoms with Crippen molar-refractivity contribution >= 4 is 0 Å². The van der Waals surface area contributed by atoms with E-state index >= 15 is 0 Å². The summed E-state index contributed by atoms with van der Waals surface area (Å²) in [6.45, 7) is 0.176. The molecule has 1 fully saturated rings. The summed E-state index contributed by atoms with van der Waals surface area (Å²) in [4.78, 5) is 0. The average molecular weight is 147 g/mol. The van der Waals surface area contributed by atoms with Crippen LogP contribution in [0.4, 0.5) is 4.39 Å². The fourth-order valence-corrected chi connectivity index (χ4v) is 1.31. The summed E-state index contributed by atoms with van der Waals surface area (Å²) in [6.07, 6.45) is 3.13. The fraction of sp³-hybridized carbons (Fsp3) is 1.00. The number of rotatable bonds is 4. The minimum Gasteiger partial charge on any atom is -0.394 e. The molecular weight excluding hydrogens is 133 g/mol. The van der Waals surface area contributed by atoms with E-state index < -0.39 is 0 Å². The van der Waals surface area contributed by atoms with Crippen molar-refractivity contribution in [3.8, 4) is 0 Å². The van der Waals surface area contributed by atoms with Gasteiger partial charge in [-0.3, -0.25) is 0 Å². The number of aliphatic hydroxyl groups is 1. The predicted molar refractivity (Wildman–Crippen MR) is 37.6 cm³/mol. The second-order valence-corrected chi connectivity index (χ2v) is 2.91. The molecule has 0 unspecified atom stereocenters. The highest BCUT2D eigenvalue weighted by molar-refractivity contribution is 4.95. The molecule has 0 aliphatic heterocycles. The Morgan fingerprint density at radius 1 is 1.50 bits per heavy atom. The molecule has 60 valence electrons. The summed E-state index contributed by atoms with van der Waals surface area (Å²) in [5, 5.41) is 11.9. The van der Waals surface area contributed by atoms with Crippen LogP contribution in [-0.4, -0.2) is 30.5 Å². The maximum absolute atomic E-state index is 11.7. The van der Waals surface area contributed by atoms with Crippen molar-refractivity contribution < 1.29 is 9.50 Å². The molecule has 0 radical (unpaired) electrons. The minimum atomic E-state index is -0.345. The molecule has 1 aliphatic rings. The molecule has 10 heavy (non-hydrogen) atoms. The zero-order valence-corrected chi connectivity index (χ0v) is 6.07. The van der Waals surface area contributed by atoms with E-state index in [1.165, 1.54) is 0 Å². The van der Waals surface area contributed by atoms with Crippen molar-refractivity contribution in [2.75, 3.05) is 19.8 Å². The lowest BCUT2D eigenvalue weighted by molar-refractivity contribution is 0.0874. The molecule has 1 saturated carbocycles. The first-order chi connectivity index (χ1) is 4.83. The van der Waals surface area contributed by atoms with Crippen LogP contribution in [0.15, 0.2) is 0 Å². The lowest BCUT2D eigenvalue weighted by atomic mass is 9.77. The predicted octanol–water partition coefficient (Wildman–Crippen LogP) is 0.460. The van der Waals surface area contributed by atoms with E-state index in [2.05, 4.69) is 5.32 Å². The van der Waals surface area contributed by atoms with Gasteiger partial charge in [0.1, 0.15) is 6.67 Å². The zero-order chi connectivity index (χ0) is 7.45. The summed E-state index contributed by atoms with van der Waals surface area (Å²) < 4.78 is 11.7. The van der Waals surface area contributed by atoms with E-state index in [0.29, 0.717) is 6.54 Å². The van der Waals surface area contributed by atoms with E-state index in [-0.39, 0.29) is 18.8 Å². The largest absolute Gasteiger partial charge is 0.394 e. The Morgan fingerprint density at radius 2 is 2.20 bits per heavy atom. The monoisotopic (exact) mass is 147 g/mol. The maximum atomic E-state index is 11.7. The summed E-state index contributed by atoms with van der Waals surface area (Å²) >= 11 is 0. The highest BCUT2D eigenvalue weighted by atomic mass is 19.1. The SMILES string of the molecule is OCC1(NCCF)CCC1. The van der Waals surface area contributed by atoms with Crippen LogP contribution in [0.2, 0.25) is 0 Å². The van der Waals surface area contributed by atoms with Crippen LogP contribution in [0.3, 0.4) is 0 Å². The highest BCUT2D eigenvalue weighted by Crippen LogP contribution is 2.30. The molecule has 0 aromatic carbocycles. The van der Waals surface area contributed by atoms with Gasteiger partial charge in [0.05, 0.1) is 6.61 Å². The standard InChI is InChI=1S/C7H14FNO/c8-4-5-9-7(6-10)2-1-3-7/h9-10H,1-6H2. The molecule has 0 aromatic rings. The molecule has 2 N–H and O–H groups in total. The van der Waals surface area contributed by atoms with Gasteiger partial charge in [0.15, 0.2) is 0 Å². The van der Waals surface area contributed by atoms with Gasteiger partial charge in [-0.1, -0.05) is 0 Å². The third-order valence-electron chi connectivity index (χ3n) is 2.21. The number of halogens is 1. The van der Waals surface area contributed by atoms with Crippen LogP contribution in [0.5, 0.6) is 0 Å². The van der Waals surface area contributed by atoms with E-state index in [1.807, 2.05) is 0 Å². The zero-order valence-electron chi connectivity index (χ0n) is 6.07. The quantitative estimate of drug-likeness (QED) is 0.605. The molecule has 1 aliphatic carbocycles. The average Bonchev–Trinajstić information content (AvgIpc) is 1.87. The molecule has 1 rings (SSSR count). The van der Waals surface area contributed by atoms with Gasteiger partial charge < -0.3 is 10.4 Å². The lowest BCUT2D eigenvalue weighted by Gasteiger charge is -2.41. The van der Waals surface area contributed by atoms with Crippen molar-refractivity contribution in [2.45, 2.75) is 24.8 Å². The van der Waals surface area contributed by atoms with Crippen LogP contribution in [-0.2, 0) is 0 Å². The van der Waals surface area contributed by atoms with Crippen LogP contribution in [0, 0.1) is 0 Å². The molecule has 0 spiro atoms. The Balaban J connectivity index is 2.20. The lowest BCUT2D eigenvalue weighted by Crippen LogP contribution is -2.54. The van der Waals surface area contributed by atoms with Crippen LogP contribution < -0.4 is 5.32 Å². The van der Waals surface area contributed by atoms with Gasteiger partial charge in [-0.25, -0.2) is 4.39 Å². The topological polar surface area (TPSA) is 32.3 Å². The van der Waals surface area contributed by atoms with Gasteiger partial charge in [-0.15, -0.1) is 0 Å². The van der Waals surface area contributed by atoms with Crippen LogP contribution in [0.25, 0.3) is 0 Å². The number of aliphatic hydroxyl groups excluding tert-OH is 1. The van der Waals surface area contributed by atoms with Gasteiger partial charge in [0.2, 0.25) is 0 Å². The summed E-state index contributed by atoms with van der Waals surface area (Å²) in [6, 6.07) is 0. The van der Waals surface area contributed by atoms with Crippen LogP contribution >= 0.6 is 0 Å². The third-order valence-corrected chi connectivity index (χ3v) is 2.21. The van der Waals surface area contributed by atoms with Gasteiger partial charge in [-0.2, -0.15) is 0 Å². The molecule has 0 amide bonds. The normalized spacial score (nSPS) is 22.2. The van der Waals surface area contributed by atoms with Crippen molar-refractivity contribution in [1.82, 2.24) is 5.32 Å². The van der Waals surface area contributed by atoms with E-state index in [1.54, 1.807) is 0 Å². The molecular formula is C7H14FNO. The Labute approximate surface area is 60.4 Å². The molecule has 3 heteroatoms. The smallest absolute Gasteiger partial charge is 0.102 e. The highest BCUT2D eigenvalue weighted by Gasteiger charge is 2.35. The Bertz CT molecular complexity index is 98.3. The molecule has 0 bridgehead atoms. The van der Waals surface area contributed by atoms with E-state index in [9.17, 15) is 4.39 Å². The van der Waals surface area contributed by atoms with Gasteiger partial charge in [0, 0.05) is 12.1 Å². The number of hydrogen-bond donors (Lipinski definition) is 2. The third kappa shape index (κ3) is 1.47. The van der Waals surface area contributed by atoms with Crippen molar-refractivity contribution in [1.29, 1.82) is 0 Å². The first-order valence-electron chi connectivity index (χ1n) is 3.75. The second-order valence-electron chi connectivity index (χ2n) is 2.91. The minimum absolute atomic E-state index is 0.119. The van der Waals surface area contributed by atoms with Gasteiger partial charge >= 0.3 is 0 Å². The van der Waals surface area contributed by atoms with Crippen molar-refractivity contribution in [2.24, 2.45) is 0 Å². The molecule has 0 heterocycles. The number of alkyl halides is 1. The Hall–Kier alpha value is -0.150. The van der Waals surface area contributed by atoms with Gasteiger partial charge in [0.25, 0.3) is 0 Å². The van der Waals surface area contributed by atoms with E-state index in [4.69, 9.17) is 5.11 Å². The maximum Gasteiger partial charge on any atom is 0.102 e. The second kappa shape index (κ2) is 3.30. The van der Waals surface area contributed by atoms with E-state index in [0.717, 1.165) is 19.3 Å². The Morgan fingerprint density at radius 3 is 2.50 bits per heavy atom. The molecule has 0 saturated heterocycles. The summed E-state index contributed by atoms with van der Waals surface area (Å²) in [5.74, 6) is 0. The van der Waals surface area contributed by atoms with Crippen molar-refractivity contribution in [3.05, 3.63) is 0 Å². The molecule has 0 aromatic heterocycles. The summed E-state index contributed by atoms with van der Waals surface area (Å²) in [5.41, 5.74) is -0.119. The molecule has 0 atom stereocenters. The fourth-order valence-electron chi connectivity index (χ4n) is 1.31. The first-order valence-corrected chi connectivity index (χ1v) is 3.75. The van der Waals surface area contributed by atoms with Crippen molar-refractivity contribution in [3.63, 3.8) is 0 Å². The van der Waals surface area contributed by atoms with Crippen LogP contribution in [0.1, 0.15) is 19.3 Å². The molecule has 2 nitrogen and oxygen atoms in total. The Kier molecular flexibility index (Phi) is 2.63. The number of nitrogens with one attached hydrogen (secondary N) is 1. The van der Waals surface area contributed by atoms with Gasteiger partial charge in [-0.05, 0) is 19.3 Å². The first kappa shape index (κ1) is 7.95. The number of hydrogen-bond acceptors (Lipinski definition) is 2. The summed E-state index contributed by atoms with van der Waals surface area (Å²) in [7, 11) is 0.